The van der Waals surface area contributed by atoms with Crippen LogP contribution in [0.25, 0.3) is 0 Å². The zero-order chi connectivity index (χ0) is 15.7. The molecule has 0 radical (unpaired) electrons. The van der Waals surface area contributed by atoms with Crippen LogP contribution in [0.5, 0.6) is 0 Å². The van der Waals surface area contributed by atoms with Gasteiger partial charge in [0, 0.05) is 38.7 Å². The highest BCUT2D eigenvalue weighted by Gasteiger charge is 2.37. The zero-order valence-electron chi connectivity index (χ0n) is 12.5. The van der Waals surface area contributed by atoms with E-state index in [-0.39, 0.29) is 17.5 Å². The van der Waals surface area contributed by atoms with E-state index in [9.17, 15) is 8.42 Å². The standard InChI is InChI=1S/C14H18N4O3S/c1-17-10-16-13-8-18(11(9-21-2)6-14(13)17)22(19,20)12-4-3-5-15-7-12/h3-5,7,10-11H,6,8-9H2,1-2H3. The summed E-state index contributed by atoms with van der Waals surface area (Å²) >= 11 is 0. The van der Waals surface area contributed by atoms with Crippen molar-refractivity contribution >= 4 is 10.0 Å². The Morgan fingerprint density at radius 3 is 2.95 bits per heavy atom. The van der Waals surface area contributed by atoms with Crippen molar-refractivity contribution in [1.82, 2.24) is 18.8 Å². The molecule has 1 aliphatic rings. The van der Waals surface area contributed by atoms with Crippen LogP contribution < -0.4 is 0 Å². The normalized spacial score (nSPS) is 19.1. The van der Waals surface area contributed by atoms with Crippen LogP contribution in [0.3, 0.4) is 0 Å². The highest BCUT2D eigenvalue weighted by atomic mass is 32.2. The molecule has 1 atom stereocenters. The van der Waals surface area contributed by atoms with E-state index in [4.69, 9.17) is 4.74 Å². The molecule has 8 heteroatoms. The Kier molecular flexibility index (Phi) is 3.98. The number of imidazole rings is 1. The summed E-state index contributed by atoms with van der Waals surface area (Å²) < 4.78 is 34.4. The molecule has 7 nitrogen and oxygen atoms in total. The molecule has 0 aromatic carbocycles. The lowest BCUT2D eigenvalue weighted by atomic mass is 10.1. The van der Waals surface area contributed by atoms with E-state index >= 15 is 0 Å². The molecular formula is C14H18N4O3S. The number of ether oxygens (including phenoxy) is 1. The number of sulfonamides is 1. The van der Waals surface area contributed by atoms with E-state index in [1.165, 1.54) is 10.5 Å². The maximum atomic E-state index is 12.9. The van der Waals surface area contributed by atoms with Gasteiger partial charge in [-0.05, 0) is 12.1 Å². The summed E-state index contributed by atoms with van der Waals surface area (Å²) in [6.07, 6.45) is 5.22. The molecule has 0 N–H and O–H groups in total. The van der Waals surface area contributed by atoms with Crippen LogP contribution in [0.15, 0.2) is 35.7 Å². The van der Waals surface area contributed by atoms with Crippen molar-refractivity contribution in [3.63, 3.8) is 0 Å². The molecule has 0 saturated carbocycles. The lowest BCUT2D eigenvalue weighted by Gasteiger charge is -2.34. The second-order valence-corrected chi connectivity index (χ2v) is 7.19. The van der Waals surface area contributed by atoms with Gasteiger partial charge in [0.1, 0.15) is 4.90 Å². The fraction of sp³-hybridized carbons (Fsp3) is 0.429. The first-order valence-electron chi connectivity index (χ1n) is 6.94. The number of rotatable bonds is 4. The molecule has 3 rings (SSSR count). The topological polar surface area (TPSA) is 77.3 Å². The Labute approximate surface area is 129 Å². The third-order valence-electron chi connectivity index (χ3n) is 3.89. The van der Waals surface area contributed by atoms with Crippen LogP contribution in [0.2, 0.25) is 0 Å². The molecule has 2 aromatic rings. The first kappa shape index (κ1) is 15.1. The molecule has 1 aliphatic heterocycles. The minimum atomic E-state index is -3.63. The van der Waals surface area contributed by atoms with Gasteiger partial charge in [0.25, 0.3) is 0 Å². The number of hydrogen-bond acceptors (Lipinski definition) is 5. The molecule has 0 fully saturated rings. The van der Waals surface area contributed by atoms with Crippen LogP contribution in [-0.4, -0.2) is 47.0 Å². The largest absolute Gasteiger partial charge is 0.383 e. The van der Waals surface area contributed by atoms with E-state index in [1.807, 2.05) is 11.6 Å². The Bertz CT molecular complexity index is 758. The highest BCUT2D eigenvalue weighted by molar-refractivity contribution is 7.89. The summed E-state index contributed by atoms with van der Waals surface area (Å²) in [5.41, 5.74) is 1.85. The SMILES string of the molecule is COCC1Cc2c(ncn2C)CN1S(=O)(=O)c1cccnc1. The van der Waals surface area contributed by atoms with Crippen molar-refractivity contribution in [2.24, 2.45) is 7.05 Å². The lowest BCUT2D eigenvalue weighted by molar-refractivity contribution is 0.122. The highest BCUT2D eigenvalue weighted by Crippen LogP contribution is 2.28. The van der Waals surface area contributed by atoms with Gasteiger partial charge in [0.05, 0.1) is 31.2 Å². The van der Waals surface area contributed by atoms with Gasteiger partial charge in [-0.15, -0.1) is 0 Å². The van der Waals surface area contributed by atoms with E-state index in [0.717, 1.165) is 11.4 Å². The van der Waals surface area contributed by atoms with Gasteiger partial charge >= 0.3 is 0 Å². The first-order chi connectivity index (χ1) is 10.5. The fourth-order valence-corrected chi connectivity index (χ4v) is 4.29. The van der Waals surface area contributed by atoms with Crippen molar-refractivity contribution in [2.75, 3.05) is 13.7 Å². The van der Waals surface area contributed by atoms with Crippen molar-refractivity contribution in [1.29, 1.82) is 0 Å². The third kappa shape index (κ3) is 2.53. The summed E-state index contributed by atoms with van der Waals surface area (Å²) in [5.74, 6) is 0. The van der Waals surface area contributed by atoms with E-state index < -0.39 is 10.0 Å². The molecule has 118 valence electrons. The predicted octanol–water partition coefficient (Wildman–Crippen LogP) is 0.577. The Morgan fingerprint density at radius 2 is 2.27 bits per heavy atom. The maximum absolute atomic E-state index is 12.9. The number of fused-ring (bicyclic) bond motifs is 1. The first-order valence-corrected chi connectivity index (χ1v) is 8.38. The number of methoxy groups -OCH3 is 1. The molecule has 0 spiro atoms. The molecule has 3 heterocycles. The number of aromatic nitrogens is 3. The summed E-state index contributed by atoms with van der Waals surface area (Å²) in [7, 11) is -0.131. The number of aryl methyl sites for hydroxylation is 1. The predicted molar refractivity (Wildman–Crippen MR) is 79.5 cm³/mol. The molecule has 0 aliphatic carbocycles. The van der Waals surface area contributed by atoms with Gasteiger partial charge in [-0.1, -0.05) is 0 Å². The average Bonchev–Trinajstić information content (AvgIpc) is 2.88. The van der Waals surface area contributed by atoms with Gasteiger partial charge < -0.3 is 9.30 Å². The van der Waals surface area contributed by atoms with Gasteiger partial charge in [0.2, 0.25) is 10.0 Å². The molecular weight excluding hydrogens is 304 g/mol. The number of pyridine rings is 1. The molecule has 1 unspecified atom stereocenters. The third-order valence-corrected chi connectivity index (χ3v) is 5.77. The molecule has 0 amide bonds. The van der Waals surface area contributed by atoms with E-state index in [0.29, 0.717) is 13.0 Å². The second kappa shape index (κ2) is 5.79. The number of hydrogen-bond donors (Lipinski definition) is 0. The van der Waals surface area contributed by atoms with Gasteiger partial charge in [-0.3, -0.25) is 4.98 Å². The molecule has 0 bridgehead atoms. The Balaban J connectivity index is 2.01. The Hall–Kier alpha value is -1.77. The van der Waals surface area contributed by atoms with Gasteiger partial charge in [-0.25, -0.2) is 13.4 Å². The number of nitrogens with zero attached hydrogens (tertiary/aromatic N) is 4. The van der Waals surface area contributed by atoms with Gasteiger partial charge in [-0.2, -0.15) is 4.31 Å². The smallest absolute Gasteiger partial charge is 0.245 e. The van der Waals surface area contributed by atoms with Gasteiger partial charge in [0.15, 0.2) is 0 Å². The fourth-order valence-electron chi connectivity index (χ4n) is 2.75. The summed E-state index contributed by atoms with van der Waals surface area (Å²) in [4.78, 5) is 8.41. The van der Waals surface area contributed by atoms with Crippen molar-refractivity contribution in [2.45, 2.75) is 23.9 Å². The average molecular weight is 322 g/mol. The summed E-state index contributed by atoms with van der Waals surface area (Å²) in [6, 6.07) is 2.92. The minimum Gasteiger partial charge on any atom is -0.383 e. The van der Waals surface area contributed by atoms with Crippen LogP contribution in [0, 0.1) is 0 Å². The van der Waals surface area contributed by atoms with E-state index in [1.54, 1.807) is 31.8 Å². The zero-order valence-corrected chi connectivity index (χ0v) is 13.3. The van der Waals surface area contributed by atoms with Crippen molar-refractivity contribution in [3.05, 3.63) is 42.2 Å². The molecule has 2 aromatic heterocycles. The Morgan fingerprint density at radius 1 is 1.45 bits per heavy atom. The summed E-state index contributed by atoms with van der Waals surface area (Å²) in [6.45, 7) is 0.589. The molecule has 22 heavy (non-hydrogen) atoms. The molecule has 0 saturated heterocycles. The summed E-state index contributed by atoms with van der Waals surface area (Å²) in [5, 5.41) is 0. The maximum Gasteiger partial charge on any atom is 0.245 e. The van der Waals surface area contributed by atoms with Crippen LogP contribution >= 0.6 is 0 Å². The van der Waals surface area contributed by atoms with E-state index in [2.05, 4.69) is 9.97 Å². The monoisotopic (exact) mass is 322 g/mol. The van der Waals surface area contributed by atoms with Crippen LogP contribution in [0.1, 0.15) is 11.4 Å². The van der Waals surface area contributed by atoms with Crippen molar-refractivity contribution in [3.8, 4) is 0 Å². The van der Waals surface area contributed by atoms with Crippen molar-refractivity contribution < 1.29 is 13.2 Å². The second-order valence-electron chi connectivity index (χ2n) is 5.30. The van der Waals surface area contributed by atoms with Crippen LogP contribution in [-0.2, 0) is 34.8 Å². The lowest BCUT2D eigenvalue weighted by Crippen LogP contribution is -2.46. The quantitative estimate of drug-likeness (QED) is 0.823. The minimum absolute atomic E-state index is 0.190. The van der Waals surface area contributed by atoms with Crippen LogP contribution in [0.4, 0.5) is 0 Å².